The predicted octanol–water partition coefficient (Wildman–Crippen LogP) is 5.62. The van der Waals surface area contributed by atoms with Crippen LogP contribution in [0.15, 0.2) is 29.4 Å². The van der Waals surface area contributed by atoms with Crippen molar-refractivity contribution in [3.63, 3.8) is 0 Å². The summed E-state index contributed by atoms with van der Waals surface area (Å²) >= 11 is 2.68. The second-order valence-electron chi connectivity index (χ2n) is 9.23. The second-order valence-corrected chi connectivity index (χ2v) is 11.4. The first-order valence-electron chi connectivity index (χ1n) is 11.9. The number of thioether (sulfide) groups is 1. The molecule has 0 saturated carbocycles. The van der Waals surface area contributed by atoms with E-state index in [0.717, 1.165) is 16.2 Å². The van der Waals surface area contributed by atoms with Crippen LogP contribution in [0.2, 0.25) is 0 Å². The molecular formula is C26H34N4O4S2. The lowest BCUT2D eigenvalue weighted by molar-refractivity contribution is -0.113. The number of hydrogen-bond donors (Lipinski definition) is 1. The highest BCUT2D eigenvalue weighted by molar-refractivity contribution is 7.99. The summed E-state index contributed by atoms with van der Waals surface area (Å²) in [5, 5.41) is 12.6. The molecule has 0 saturated heterocycles. The third-order valence-electron chi connectivity index (χ3n) is 5.74. The molecule has 2 aromatic heterocycles. The molecule has 10 heteroatoms. The minimum atomic E-state index is -0.442. The third kappa shape index (κ3) is 6.47. The van der Waals surface area contributed by atoms with E-state index in [4.69, 9.17) is 9.47 Å². The lowest BCUT2D eigenvalue weighted by atomic mass is 9.87. The molecular weight excluding hydrogens is 496 g/mol. The number of thiophene rings is 1. The zero-order chi connectivity index (χ0) is 26.5. The molecule has 0 fully saturated rings. The van der Waals surface area contributed by atoms with Crippen LogP contribution in [-0.4, -0.2) is 39.5 Å². The van der Waals surface area contributed by atoms with Gasteiger partial charge in [-0.1, -0.05) is 51.6 Å². The molecule has 1 aromatic carbocycles. The van der Waals surface area contributed by atoms with Crippen LogP contribution in [0, 0.1) is 6.92 Å². The fraction of sp³-hybridized carbons (Fsp3) is 0.462. The maximum Gasteiger partial charge on any atom is 0.341 e. The number of aromatic nitrogens is 3. The van der Waals surface area contributed by atoms with E-state index in [1.54, 1.807) is 0 Å². The van der Waals surface area contributed by atoms with E-state index in [1.165, 1.54) is 35.8 Å². The first-order chi connectivity index (χ1) is 17.1. The normalized spacial score (nSPS) is 11.4. The third-order valence-corrected chi connectivity index (χ3v) is 7.76. The number of nitrogens with one attached hydrogen (secondary N) is 1. The second kappa shape index (κ2) is 11.9. The van der Waals surface area contributed by atoms with Gasteiger partial charge in [-0.05, 0) is 48.9 Å². The largest absolute Gasteiger partial charge is 0.486 e. The van der Waals surface area contributed by atoms with Crippen LogP contribution in [-0.2, 0) is 34.5 Å². The Morgan fingerprint density at radius 2 is 1.83 bits per heavy atom. The summed E-state index contributed by atoms with van der Waals surface area (Å²) < 4.78 is 12.8. The topological polar surface area (TPSA) is 95.3 Å². The van der Waals surface area contributed by atoms with Crippen LogP contribution < -0.4 is 10.1 Å². The molecule has 0 aliphatic heterocycles. The number of rotatable bonds is 10. The first kappa shape index (κ1) is 27.7. The van der Waals surface area contributed by atoms with Gasteiger partial charge in [0, 0.05) is 11.4 Å². The molecule has 3 aromatic rings. The van der Waals surface area contributed by atoms with E-state index in [0.29, 0.717) is 34.5 Å². The van der Waals surface area contributed by atoms with Gasteiger partial charge in [0.25, 0.3) is 0 Å². The number of hydrogen-bond acceptors (Lipinski definition) is 8. The quantitative estimate of drug-likeness (QED) is 0.268. The van der Waals surface area contributed by atoms with Gasteiger partial charge in [-0.2, -0.15) is 0 Å². The summed E-state index contributed by atoms with van der Waals surface area (Å²) in [6, 6.07) is 8.08. The van der Waals surface area contributed by atoms with Crippen molar-refractivity contribution in [2.24, 2.45) is 0 Å². The number of nitrogens with zero attached hydrogens (tertiary/aromatic N) is 3. The Labute approximate surface area is 220 Å². The predicted molar refractivity (Wildman–Crippen MR) is 144 cm³/mol. The number of carbonyl (C=O) groups excluding carboxylic acids is 2. The zero-order valence-corrected chi connectivity index (χ0v) is 23.6. The van der Waals surface area contributed by atoms with Gasteiger partial charge in [0.2, 0.25) is 5.91 Å². The number of anilines is 1. The SMILES string of the molecule is CCc1c(C)sc(NC(=O)CSc2nnc(COc3ccc(C(C)(C)C)cc3)n2CC)c1C(=O)OC. The zero-order valence-electron chi connectivity index (χ0n) is 21.9. The van der Waals surface area contributed by atoms with Crippen LogP contribution in [0.4, 0.5) is 5.00 Å². The number of ether oxygens (including phenoxy) is 2. The van der Waals surface area contributed by atoms with Crippen LogP contribution in [0.1, 0.15) is 66.8 Å². The average Bonchev–Trinajstić information content (AvgIpc) is 3.39. The van der Waals surface area contributed by atoms with Crippen molar-refractivity contribution in [3.8, 4) is 5.75 Å². The van der Waals surface area contributed by atoms with E-state index in [1.807, 2.05) is 37.5 Å². The highest BCUT2D eigenvalue weighted by Crippen LogP contribution is 2.34. The first-order valence-corrected chi connectivity index (χ1v) is 13.7. The van der Waals surface area contributed by atoms with Crippen molar-refractivity contribution in [3.05, 3.63) is 51.7 Å². The van der Waals surface area contributed by atoms with Crippen LogP contribution in [0.25, 0.3) is 0 Å². The van der Waals surface area contributed by atoms with Crippen LogP contribution in [0.3, 0.4) is 0 Å². The van der Waals surface area contributed by atoms with Crippen molar-refractivity contribution in [1.29, 1.82) is 0 Å². The van der Waals surface area contributed by atoms with Gasteiger partial charge in [-0.25, -0.2) is 4.79 Å². The molecule has 1 amide bonds. The number of amides is 1. The lowest BCUT2D eigenvalue weighted by Crippen LogP contribution is -2.17. The van der Waals surface area contributed by atoms with E-state index in [9.17, 15) is 9.59 Å². The van der Waals surface area contributed by atoms with Crippen molar-refractivity contribution >= 4 is 40.0 Å². The number of carbonyl (C=O) groups is 2. The molecule has 0 spiro atoms. The molecule has 0 unspecified atom stereocenters. The number of methoxy groups -OCH3 is 1. The van der Waals surface area contributed by atoms with Gasteiger partial charge in [-0.3, -0.25) is 4.79 Å². The molecule has 2 heterocycles. The van der Waals surface area contributed by atoms with Crippen molar-refractivity contribution in [1.82, 2.24) is 14.8 Å². The van der Waals surface area contributed by atoms with Crippen LogP contribution >= 0.6 is 23.1 Å². The number of aryl methyl sites for hydroxylation is 1. The minimum Gasteiger partial charge on any atom is -0.486 e. The molecule has 1 N–H and O–H groups in total. The van der Waals surface area contributed by atoms with Gasteiger partial charge in [0.05, 0.1) is 18.4 Å². The molecule has 194 valence electrons. The van der Waals surface area contributed by atoms with E-state index in [2.05, 4.69) is 48.4 Å². The van der Waals surface area contributed by atoms with Gasteiger partial charge < -0.3 is 19.4 Å². The molecule has 0 aliphatic rings. The Morgan fingerprint density at radius 3 is 2.42 bits per heavy atom. The minimum absolute atomic E-state index is 0.0842. The van der Waals surface area contributed by atoms with Gasteiger partial charge in [0.1, 0.15) is 17.4 Å². The maximum atomic E-state index is 12.7. The summed E-state index contributed by atoms with van der Waals surface area (Å²) in [6.07, 6.45) is 0.683. The van der Waals surface area contributed by atoms with Crippen molar-refractivity contribution < 1.29 is 19.1 Å². The molecule has 3 rings (SSSR count). The Bertz CT molecular complexity index is 1210. The average molecular weight is 531 g/mol. The fourth-order valence-electron chi connectivity index (χ4n) is 3.75. The Hall–Kier alpha value is -2.85. The smallest absolute Gasteiger partial charge is 0.341 e. The van der Waals surface area contributed by atoms with Gasteiger partial charge in [-0.15, -0.1) is 21.5 Å². The van der Waals surface area contributed by atoms with Crippen molar-refractivity contribution in [2.75, 3.05) is 18.2 Å². The lowest BCUT2D eigenvalue weighted by Gasteiger charge is -2.19. The molecule has 0 atom stereocenters. The Morgan fingerprint density at radius 1 is 1.14 bits per heavy atom. The number of benzene rings is 1. The highest BCUT2D eigenvalue weighted by atomic mass is 32.2. The Balaban J connectivity index is 1.63. The summed E-state index contributed by atoms with van der Waals surface area (Å²) in [5.74, 6) is 0.918. The summed E-state index contributed by atoms with van der Waals surface area (Å²) in [5.41, 5.74) is 2.66. The molecule has 0 bridgehead atoms. The van der Waals surface area contributed by atoms with E-state index in [-0.39, 0.29) is 23.7 Å². The van der Waals surface area contributed by atoms with Crippen LogP contribution in [0.5, 0.6) is 5.75 Å². The monoisotopic (exact) mass is 530 g/mol. The Kier molecular flexibility index (Phi) is 9.19. The summed E-state index contributed by atoms with van der Waals surface area (Å²) in [6.45, 7) is 13.4. The van der Waals surface area contributed by atoms with Crippen molar-refractivity contribution in [2.45, 2.75) is 71.7 Å². The number of esters is 1. The molecule has 0 radical (unpaired) electrons. The van der Waals surface area contributed by atoms with E-state index >= 15 is 0 Å². The maximum absolute atomic E-state index is 12.7. The van der Waals surface area contributed by atoms with Gasteiger partial charge in [0.15, 0.2) is 11.0 Å². The van der Waals surface area contributed by atoms with E-state index < -0.39 is 5.97 Å². The summed E-state index contributed by atoms with van der Waals surface area (Å²) in [7, 11) is 1.34. The molecule has 8 nitrogen and oxygen atoms in total. The standard InChI is InChI=1S/C26H34N4O4S2/c1-8-19-16(3)36-23(22(19)24(32)33-7)27-21(31)15-35-25-29-28-20(30(25)9-2)14-34-18-12-10-17(11-13-18)26(4,5)6/h10-13H,8-9,14-15H2,1-7H3,(H,27,31). The molecule has 0 aliphatic carbocycles. The molecule has 36 heavy (non-hydrogen) atoms. The fourth-order valence-corrected chi connectivity index (χ4v) is 5.72. The van der Waals surface area contributed by atoms with Gasteiger partial charge >= 0.3 is 5.97 Å². The summed E-state index contributed by atoms with van der Waals surface area (Å²) in [4.78, 5) is 26.0. The highest BCUT2D eigenvalue weighted by Gasteiger charge is 2.23.